The summed E-state index contributed by atoms with van der Waals surface area (Å²) in [6.07, 6.45) is 2.36. The van der Waals surface area contributed by atoms with Gasteiger partial charge in [0.2, 0.25) is 6.41 Å². The molecule has 0 saturated carbocycles. The number of aromatic nitrogens is 1. The molecule has 0 fully saturated rings. The van der Waals surface area contributed by atoms with Crippen LogP contribution in [0.1, 0.15) is 21.5 Å². The number of hydrogen-bond donors (Lipinski definition) is 3. The molecule has 0 bridgehead atoms. The third kappa shape index (κ3) is 7.30. The van der Waals surface area contributed by atoms with Gasteiger partial charge in [0, 0.05) is 29.7 Å². The van der Waals surface area contributed by atoms with E-state index in [0.29, 0.717) is 39.9 Å². The Hall–Kier alpha value is -3.87. The van der Waals surface area contributed by atoms with E-state index in [0.717, 1.165) is 22.4 Å². The predicted molar refractivity (Wildman–Crippen MR) is 143 cm³/mol. The van der Waals surface area contributed by atoms with Gasteiger partial charge >= 0.3 is 0 Å². The van der Waals surface area contributed by atoms with E-state index in [1.165, 1.54) is 0 Å². The van der Waals surface area contributed by atoms with Crippen molar-refractivity contribution in [2.75, 3.05) is 11.1 Å². The Kier molecular flexibility index (Phi) is 9.23. The van der Waals surface area contributed by atoms with Crippen LogP contribution in [0.2, 0.25) is 10.0 Å². The van der Waals surface area contributed by atoms with E-state index in [1.807, 2.05) is 55.5 Å². The molecule has 35 heavy (non-hydrogen) atoms. The summed E-state index contributed by atoms with van der Waals surface area (Å²) >= 11 is 12.4. The summed E-state index contributed by atoms with van der Waals surface area (Å²) in [4.78, 5) is 26.7. The zero-order chi connectivity index (χ0) is 25.2. The highest BCUT2D eigenvalue weighted by Gasteiger charge is 2.12. The lowest BCUT2D eigenvalue weighted by Gasteiger charge is -2.10. The van der Waals surface area contributed by atoms with E-state index in [2.05, 4.69) is 15.6 Å². The summed E-state index contributed by atoms with van der Waals surface area (Å²) < 4.78 is 0. The highest BCUT2D eigenvalue weighted by Crippen LogP contribution is 2.29. The summed E-state index contributed by atoms with van der Waals surface area (Å²) in [5, 5.41) is 6.38. The Labute approximate surface area is 214 Å². The molecule has 0 atom stereocenters. The maximum Gasteiger partial charge on any atom is 0.257 e. The first-order chi connectivity index (χ1) is 16.9. The van der Waals surface area contributed by atoms with E-state index in [-0.39, 0.29) is 5.91 Å². The zero-order valence-electron chi connectivity index (χ0n) is 19.0. The molecule has 0 radical (unpaired) electrons. The second-order valence-electron chi connectivity index (χ2n) is 7.54. The molecule has 1 heterocycles. The summed E-state index contributed by atoms with van der Waals surface area (Å²) in [6, 6.07) is 23.6. The molecule has 4 rings (SSSR count). The average Bonchev–Trinajstić information content (AvgIpc) is 2.85. The van der Waals surface area contributed by atoms with Gasteiger partial charge < -0.3 is 16.4 Å². The minimum atomic E-state index is -0.269. The molecule has 2 amide bonds. The van der Waals surface area contributed by atoms with E-state index >= 15 is 0 Å². The second kappa shape index (κ2) is 12.6. The van der Waals surface area contributed by atoms with Crippen molar-refractivity contribution in [3.05, 3.63) is 112 Å². The number of pyridine rings is 1. The number of anilines is 2. The average molecular weight is 507 g/mol. The molecule has 3 aromatic carbocycles. The maximum atomic E-state index is 12.4. The van der Waals surface area contributed by atoms with Crippen LogP contribution in [0.5, 0.6) is 0 Å². The molecule has 1 aromatic heterocycles. The van der Waals surface area contributed by atoms with Crippen molar-refractivity contribution < 1.29 is 9.59 Å². The molecule has 0 spiro atoms. The van der Waals surface area contributed by atoms with Gasteiger partial charge in [-0.05, 0) is 66.6 Å². The third-order valence-electron chi connectivity index (χ3n) is 4.97. The van der Waals surface area contributed by atoms with Gasteiger partial charge in [-0.25, -0.2) is 0 Å². The van der Waals surface area contributed by atoms with Crippen molar-refractivity contribution in [2.24, 2.45) is 0 Å². The topological polar surface area (TPSA) is 97.1 Å². The van der Waals surface area contributed by atoms with E-state index in [1.54, 1.807) is 36.5 Å². The number of nitrogens with two attached hydrogens (primary N) is 1. The molecule has 178 valence electrons. The van der Waals surface area contributed by atoms with Crippen LogP contribution >= 0.6 is 23.2 Å². The van der Waals surface area contributed by atoms with Crippen LogP contribution < -0.4 is 16.4 Å². The maximum absolute atomic E-state index is 12.4. The Bertz CT molecular complexity index is 1310. The smallest absolute Gasteiger partial charge is 0.257 e. The lowest BCUT2D eigenvalue weighted by molar-refractivity contribution is -0.109. The molecule has 0 aliphatic heterocycles. The van der Waals surface area contributed by atoms with Crippen LogP contribution in [0.3, 0.4) is 0 Å². The second-order valence-corrected chi connectivity index (χ2v) is 8.36. The molecule has 4 N–H and O–H groups in total. The summed E-state index contributed by atoms with van der Waals surface area (Å²) in [5.74, 6) is -0.269. The minimum absolute atomic E-state index is 0.269. The number of hydrogen-bond acceptors (Lipinski definition) is 4. The van der Waals surface area contributed by atoms with Crippen molar-refractivity contribution in [1.82, 2.24) is 10.3 Å². The van der Waals surface area contributed by atoms with E-state index in [9.17, 15) is 9.59 Å². The normalized spacial score (nSPS) is 10.0. The molecule has 6 nitrogen and oxygen atoms in total. The first-order valence-electron chi connectivity index (χ1n) is 10.7. The number of para-hydroxylation sites is 1. The zero-order valence-corrected chi connectivity index (χ0v) is 20.5. The minimum Gasteiger partial charge on any atom is -0.398 e. The van der Waals surface area contributed by atoms with E-state index < -0.39 is 0 Å². The monoisotopic (exact) mass is 506 g/mol. The first-order valence-corrected chi connectivity index (χ1v) is 11.4. The SMILES string of the molecule is Cc1ccc(C(=O)Nc2ccc(Cl)c(-c3ccccn3)c2)c(Cl)c1.Nc1ccccc1CNC=O. The van der Waals surface area contributed by atoms with E-state index in [4.69, 9.17) is 28.9 Å². The Morgan fingerprint density at radius 2 is 1.74 bits per heavy atom. The number of carbonyl (C=O) groups is 2. The van der Waals surface area contributed by atoms with Gasteiger partial charge in [-0.3, -0.25) is 14.6 Å². The van der Waals surface area contributed by atoms with Crippen LogP contribution in [-0.4, -0.2) is 17.3 Å². The standard InChI is InChI=1S/C19H14Cl2N2O.C8H10N2O/c1-12-5-7-14(17(21)10-12)19(24)23-13-6-8-16(20)15(11-13)18-4-2-3-9-22-18;9-8-4-2-1-3-7(8)5-10-6-11/h2-11H,1H3,(H,23,24);1-4,6H,5,9H2,(H,10,11). The van der Waals surface area contributed by atoms with Gasteiger partial charge in [0.05, 0.1) is 21.3 Å². The Morgan fingerprint density at radius 3 is 2.43 bits per heavy atom. The van der Waals surface area contributed by atoms with Gasteiger partial charge in [-0.2, -0.15) is 0 Å². The molecule has 0 unspecified atom stereocenters. The number of nitrogen functional groups attached to an aromatic ring is 1. The number of nitrogens with one attached hydrogen (secondary N) is 2. The quantitative estimate of drug-likeness (QED) is 0.216. The van der Waals surface area contributed by atoms with Crippen molar-refractivity contribution in [1.29, 1.82) is 0 Å². The van der Waals surface area contributed by atoms with Crippen molar-refractivity contribution in [3.63, 3.8) is 0 Å². The van der Waals surface area contributed by atoms with Gasteiger partial charge in [-0.1, -0.05) is 53.5 Å². The van der Waals surface area contributed by atoms with Crippen LogP contribution in [0.15, 0.2) is 85.1 Å². The fourth-order valence-electron chi connectivity index (χ4n) is 3.17. The largest absolute Gasteiger partial charge is 0.398 e. The predicted octanol–water partition coefficient (Wildman–Crippen LogP) is 6.13. The van der Waals surface area contributed by atoms with Crippen LogP contribution in [-0.2, 0) is 11.3 Å². The third-order valence-corrected chi connectivity index (χ3v) is 5.61. The fourth-order valence-corrected chi connectivity index (χ4v) is 3.71. The molecule has 0 aliphatic rings. The summed E-state index contributed by atoms with van der Waals surface area (Å²) in [6.45, 7) is 2.42. The van der Waals surface area contributed by atoms with Gasteiger partial charge in [0.15, 0.2) is 0 Å². The van der Waals surface area contributed by atoms with Crippen molar-refractivity contribution in [3.8, 4) is 11.3 Å². The van der Waals surface area contributed by atoms with Gasteiger partial charge in [0.1, 0.15) is 0 Å². The molecule has 4 aromatic rings. The molecular weight excluding hydrogens is 483 g/mol. The molecular formula is C27H24Cl2N4O2. The number of benzene rings is 3. The summed E-state index contributed by atoms with van der Waals surface area (Å²) in [5.41, 5.74) is 10.8. The molecule has 0 saturated heterocycles. The number of amides is 2. The van der Waals surface area contributed by atoms with Crippen molar-refractivity contribution in [2.45, 2.75) is 13.5 Å². The van der Waals surface area contributed by atoms with Gasteiger partial charge in [-0.15, -0.1) is 0 Å². The first kappa shape index (κ1) is 25.7. The number of aryl methyl sites for hydroxylation is 1. The highest BCUT2D eigenvalue weighted by molar-refractivity contribution is 6.35. The van der Waals surface area contributed by atoms with Gasteiger partial charge in [0.25, 0.3) is 5.91 Å². The lowest BCUT2D eigenvalue weighted by Crippen LogP contribution is -2.12. The lowest BCUT2D eigenvalue weighted by atomic mass is 10.1. The Balaban J connectivity index is 0.000000261. The van der Waals surface area contributed by atoms with Crippen LogP contribution in [0.25, 0.3) is 11.3 Å². The van der Waals surface area contributed by atoms with Crippen molar-refractivity contribution >= 4 is 46.9 Å². The Morgan fingerprint density at radius 1 is 0.971 bits per heavy atom. The molecule has 0 aliphatic carbocycles. The number of carbonyl (C=O) groups excluding carboxylic acids is 2. The highest BCUT2D eigenvalue weighted by atomic mass is 35.5. The number of halogens is 2. The fraction of sp³-hybridized carbons (Fsp3) is 0.0741. The summed E-state index contributed by atoms with van der Waals surface area (Å²) in [7, 11) is 0. The molecule has 8 heteroatoms. The van der Waals surface area contributed by atoms with Crippen LogP contribution in [0, 0.1) is 6.92 Å². The van der Waals surface area contributed by atoms with Crippen LogP contribution in [0.4, 0.5) is 11.4 Å². The number of nitrogens with zero attached hydrogens (tertiary/aromatic N) is 1. The number of rotatable bonds is 6.